The van der Waals surface area contributed by atoms with Crippen molar-refractivity contribution < 1.29 is 19.0 Å². The number of benzene rings is 2. The standard InChI is InChI=1S/C16H14O4/c1-18-13-8-7-12(16(17)19-2)14-11-6-4-3-5-10(11)9-20-15(13)14/h3-8H,9H2,1-2H3. The summed E-state index contributed by atoms with van der Waals surface area (Å²) in [5.41, 5.74) is 3.24. The quantitative estimate of drug-likeness (QED) is 0.787. The van der Waals surface area contributed by atoms with Crippen LogP contribution >= 0.6 is 0 Å². The second-order valence-corrected chi connectivity index (χ2v) is 4.46. The Morgan fingerprint density at radius 1 is 1.15 bits per heavy atom. The summed E-state index contributed by atoms with van der Waals surface area (Å²) in [6.07, 6.45) is 0. The molecule has 0 aliphatic carbocycles. The molecule has 0 aromatic heterocycles. The van der Waals surface area contributed by atoms with Crippen LogP contribution in [-0.4, -0.2) is 20.2 Å². The lowest BCUT2D eigenvalue weighted by atomic mass is 9.92. The highest BCUT2D eigenvalue weighted by Crippen LogP contribution is 2.45. The van der Waals surface area contributed by atoms with Crippen LogP contribution in [0.2, 0.25) is 0 Å². The molecule has 2 aromatic rings. The van der Waals surface area contributed by atoms with Gasteiger partial charge in [0.15, 0.2) is 11.5 Å². The Morgan fingerprint density at radius 2 is 1.95 bits per heavy atom. The summed E-state index contributed by atoms with van der Waals surface area (Å²) in [4.78, 5) is 12.0. The van der Waals surface area contributed by atoms with Gasteiger partial charge in [-0.05, 0) is 23.3 Å². The summed E-state index contributed by atoms with van der Waals surface area (Å²) in [5.74, 6) is 0.820. The first-order valence-corrected chi connectivity index (χ1v) is 6.26. The van der Waals surface area contributed by atoms with E-state index in [9.17, 15) is 4.79 Å². The summed E-state index contributed by atoms with van der Waals surface area (Å²) in [6, 6.07) is 11.3. The minimum Gasteiger partial charge on any atom is -0.493 e. The van der Waals surface area contributed by atoms with Crippen LogP contribution in [0.5, 0.6) is 11.5 Å². The van der Waals surface area contributed by atoms with Crippen LogP contribution in [0.1, 0.15) is 15.9 Å². The Labute approximate surface area is 116 Å². The van der Waals surface area contributed by atoms with Gasteiger partial charge < -0.3 is 14.2 Å². The Balaban J connectivity index is 2.31. The van der Waals surface area contributed by atoms with E-state index in [-0.39, 0.29) is 5.97 Å². The van der Waals surface area contributed by atoms with Gasteiger partial charge in [0.05, 0.1) is 19.8 Å². The Hall–Kier alpha value is -2.49. The van der Waals surface area contributed by atoms with Gasteiger partial charge in [0, 0.05) is 5.56 Å². The maximum Gasteiger partial charge on any atom is 0.338 e. The van der Waals surface area contributed by atoms with Gasteiger partial charge in [-0.2, -0.15) is 0 Å². The van der Waals surface area contributed by atoms with E-state index in [1.165, 1.54) is 7.11 Å². The van der Waals surface area contributed by atoms with Crippen LogP contribution < -0.4 is 9.47 Å². The third-order valence-corrected chi connectivity index (χ3v) is 3.41. The zero-order valence-corrected chi connectivity index (χ0v) is 11.3. The molecular weight excluding hydrogens is 256 g/mol. The van der Waals surface area contributed by atoms with Crippen molar-refractivity contribution in [2.24, 2.45) is 0 Å². The molecule has 4 heteroatoms. The molecule has 0 fully saturated rings. The first-order valence-electron chi connectivity index (χ1n) is 6.26. The van der Waals surface area contributed by atoms with E-state index in [1.54, 1.807) is 19.2 Å². The first-order chi connectivity index (χ1) is 9.76. The molecule has 1 aliphatic heterocycles. The predicted octanol–water partition coefficient (Wildman–Crippen LogP) is 3.04. The Bertz CT molecular complexity index is 676. The molecule has 0 radical (unpaired) electrons. The highest BCUT2D eigenvalue weighted by molar-refractivity contribution is 6.00. The summed E-state index contributed by atoms with van der Waals surface area (Å²) in [5, 5.41) is 0. The van der Waals surface area contributed by atoms with Crippen molar-refractivity contribution in [1.29, 1.82) is 0 Å². The highest BCUT2D eigenvalue weighted by atomic mass is 16.5. The number of rotatable bonds is 2. The zero-order chi connectivity index (χ0) is 14.1. The number of hydrogen-bond donors (Lipinski definition) is 0. The average molecular weight is 270 g/mol. The van der Waals surface area contributed by atoms with Crippen LogP contribution in [0.25, 0.3) is 11.1 Å². The molecule has 1 heterocycles. The topological polar surface area (TPSA) is 44.8 Å². The fraction of sp³-hybridized carbons (Fsp3) is 0.188. The molecule has 102 valence electrons. The van der Waals surface area contributed by atoms with Crippen LogP contribution in [0.3, 0.4) is 0 Å². The second kappa shape index (κ2) is 4.89. The molecule has 0 spiro atoms. The molecule has 0 saturated heterocycles. The van der Waals surface area contributed by atoms with E-state index in [2.05, 4.69) is 0 Å². The summed E-state index contributed by atoms with van der Waals surface area (Å²) < 4.78 is 15.9. The van der Waals surface area contributed by atoms with Gasteiger partial charge in [-0.15, -0.1) is 0 Å². The van der Waals surface area contributed by atoms with Gasteiger partial charge in [-0.25, -0.2) is 4.79 Å². The molecule has 0 amide bonds. The number of fused-ring (bicyclic) bond motifs is 3. The van der Waals surface area contributed by atoms with Crippen molar-refractivity contribution in [3.63, 3.8) is 0 Å². The number of carbonyl (C=O) groups is 1. The van der Waals surface area contributed by atoms with E-state index in [1.807, 2.05) is 24.3 Å². The lowest BCUT2D eigenvalue weighted by Crippen LogP contribution is -2.12. The predicted molar refractivity (Wildman–Crippen MR) is 74.1 cm³/mol. The van der Waals surface area contributed by atoms with Crippen LogP contribution in [-0.2, 0) is 11.3 Å². The van der Waals surface area contributed by atoms with Crippen LogP contribution in [0.15, 0.2) is 36.4 Å². The summed E-state index contributed by atoms with van der Waals surface area (Å²) >= 11 is 0. The Kier molecular flexibility index (Phi) is 3.06. The third-order valence-electron chi connectivity index (χ3n) is 3.41. The van der Waals surface area contributed by atoms with Crippen LogP contribution in [0.4, 0.5) is 0 Å². The molecular formula is C16H14O4. The summed E-state index contributed by atoms with van der Waals surface area (Å²) in [6.45, 7) is 0.462. The largest absolute Gasteiger partial charge is 0.493 e. The molecule has 0 saturated carbocycles. The van der Waals surface area contributed by atoms with Crippen LogP contribution in [0, 0.1) is 0 Å². The highest BCUT2D eigenvalue weighted by Gasteiger charge is 2.26. The molecule has 20 heavy (non-hydrogen) atoms. The van der Waals surface area contributed by atoms with Gasteiger partial charge in [0.1, 0.15) is 6.61 Å². The Morgan fingerprint density at radius 3 is 2.70 bits per heavy atom. The van der Waals surface area contributed by atoms with Gasteiger partial charge in [-0.1, -0.05) is 24.3 Å². The lowest BCUT2D eigenvalue weighted by Gasteiger charge is -2.24. The van der Waals surface area contributed by atoms with E-state index in [0.29, 0.717) is 23.7 Å². The monoisotopic (exact) mass is 270 g/mol. The minimum absolute atomic E-state index is 0.385. The van der Waals surface area contributed by atoms with E-state index >= 15 is 0 Å². The van der Waals surface area contributed by atoms with Crippen molar-refractivity contribution in [2.75, 3.05) is 14.2 Å². The number of ether oxygens (including phenoxy) is 3. The number of hydrogen-bond acceptors (Lipinski definition) is 4. The molecule has 0 atom stereocenters. The number of carbonyl (C=O) groups excluding carboxylic acids is 1. The van der Waals surface area contributed by atoms with E-state index in [0.717, 1.165) is 16.7 Å². The van der Waals surface area contributed by atoms with Crippen molar-refractivity contribution >= 4 is 5.97 Å². The van der Waals surface area contributed by atoms with Crippen molar-refractivity contribution in [3.05, 3.63) is 47.5 Å². The lowest BCUT2D eigenvalue weighted by molar-refractivity contribution is 0.0601. The molecule has 0 unspecified atom stereocenters. The first kappa shape index (κ1) is 12.5. The molecule has 2 aromatic carbocycles. The maximum atomic E-state index is 12.0. The molecule has 1 aliphatic rings. The van der Waals surface area contributed by atoms with Gasteiger partial charge in [0.25, 0.3) is 0 Å². The van der Waals surface area contributed by atoms with E-state index < -0.39 is 0 Å². The van der Waals surface area contributed by atoms with Crippen molar-refractivity contribution in [3.8, 4) is 22.6 Å². The normalized spacial score (nSPS) is 11.9. The summed E-state index contributed by atoms with van der Waals surface area (Å²) in [7, 11) is 2.95. The second-order valence-electron chi connectivity index (χ2n) is 4.46. The van der Waals surface area contributed by atoms with Gasteiger partial charge in [0.2, 0.25) is 0 Å². The van der Waals surface area contributed by atoms with Gasteiger partial charge >= 0.3 is 5.97 Å². The number of methoxy groups -OCH3 is 2. The van der Waals surface area contributed by atoms with E-state index in [4.69, 9.17) is 14.2 Å². The molecule has 3 rings (SSSR count). The SMILES string of the molecule is COC(=O)c1ccc(OC)c2c1-c1ccccc1CO2. The fourth-order valence-corrected chi connectivity index (χ4v) is 2.46. The van der Waals surface area contributed by atoms with Crippen molar-refractivity contribution in [1.82, 2.24) is 0 Å². The zero-order valence-electron chi connectivity index (χ0n) is 11.3. The third kappa shape index (κ3) is 1.81. The molecule has 0 bridgehead atoms. The molecule has 0 N–H and O–H groups in total. The average Bonchev–Trinajstić information content (AvgIpc) is 2.52. The number of esters is 1. The smallest absolute Gasteiger partial charge is 0.338 e. The maximum absolute atomic E-state index is 12.0. The molecule has 4 nitrogen and oxygen atoms in total. The fourth-order valence-electron chi connectivity index (χ4n) is 2.46. The van der Waals surface area contributed by atoms with Crippen molar-refractivity contribution in [2.45, 2.75) is 6.61 Å². The van der Waals surface area contributed by atoms with Gasteiger partial charge in [-0.3, -0.25) is 0 Å². The minimum atomic E-state index is -0.385.